The second kappa shape index (κ2) is 3.02. The molecule has 2 radical (unpaired) electrons. The summed E-state index contributed by atoms with van der Waals surface area (Å²) in [6.45, 7) is 1.63. The van der Waals surface area contributed by atoms with Crippen molar-refractivity contribution in [1.29, 1.82) is 0 Å². The van der Waals surface area contributed by atoms with Crippen molar-refractivity contribution >= 4 is 19.0 Å². The van der Waals surface area contributed by atoms with E-state index in [4.69, 9.17) is 7.85 Å². The smallest absolute Gasteiger partial charge is 0.307 e. The molecule has 0 aliphatic heterocycles. The highest BCUT2D eigenvalue weighted by molar-refractivity contribution is 6.32. The van der Waals surface area contributed by atoms with Crippen molar-refractivity contribution in [3.05, 3.63) is 29.7 Å². The molecule has 0 amide bonds. The molecule has 76 valence electrons. The van der Waals surface area contributed by atoms with E-state index in [2.05, 4.69) is 4.98 Å². The zero-order valence-corrected chi connectivity index (χ0v) is 7.84. The van der Waals surface area contributed by atoms with Crippen molar-refractivity contribution in [1.82, 2.24) is 9.38 Å². The third kappa shape index (κ3) is 1.71. The third-order valence-electron chi connectivity index (χ3n) is 2.00. The van der Waals surface area contributed by atoms with Crippen molar-refractivity contribution in [2.24, 2.45) is 0 Å². The van der Waals surface area contributed by atoms with Gasteiger partial charge < -0.3 is 4.40 Å². The molecule has 0 N–H and O–H groups in total. The van der Waals surface area contributed by atoms with Crippen LogP contribution in [0.5, 0.6) is 0 Å². The van der Waals surface area contributed by atoms with Gasteiger partial charge in [-0.05, 0) is 6.92 Å². The van der Waals surface area contributed by atoms with Crippen molar-refractivity contribution in [2.75, 3.05) is 0 Å². The molecule has 0 atom stereocenters. The minimum atomic E-state index is -4.44. The Balaban J connectivity index is 2.82. The molecule has 0 aliphatic rings. The number of aryl methyl sites for hydroxylation is 1. The van der Waals surface area contributed by atoms with Gasteiger partial charge in [-0.1, -0.05) is 11.5 Å². The molecule has 6 heteroatoms. The van der Waals surface area contributed by atoms with Gasteiger partial charge in [-0.3, -0.25) is 0 Å². The molecule has 0 saturated carbocycles. The average Bonchev–Trinajstić information content (AvgIpc) is 2.41. The van der Waals surface area contributed by atoms with E-state index in [1.807, 2.05) is 0 Å². The first kappa shape index (κ1) is 10.1. The minimum Gasteiger partial charge on any atom is -0.307 e. The predicted molar refractivity (Wildman–Crippen MR) is 50.3 cm³/mol. The molecule has 2 heterocycles. The van der Waals surface area contributed by atoms with E-state index < -0.39 is 11.7 Å². The molecule has 0 unspecified atom stereocenters. The number of nitrogens with zero attached hydrogens (tertiary/aromatic N) is 2. The number of imidazole rings is 1. The number of pyridine rings is 1. The lowest BCUT2D eigenvalue weighted by atomic mass is 9.97. The molecule has 2 rings (SSSR count). The minimum absolute atomic E-state index is 0.0622. The summed E-state index contributed by atoms with van der Waals surface area (Å²) >= 11 is 0. The summed E-state index contributed by atoms with van der Waals surface area (Å²) in [4.78, 5) is 3.81. The van der Waals surface area contributed by atoms with Gasteiger partial charge in [0.1, 0.15) is 13.5 Å². The maximum atomic E-state index is 12.6. The monoisotopic (exact) mass is 210 g/mol. The topological polar surface area (TPSA) is 17.3 Å². The average molecular weight is 210 g/mol. The molecule has 0 aromatic carbocycles. The highest BCUT2D eigenvalue weighted by Crippen LogP contribution is 2.31. The summed E-state index contributed by atoms with van der Waals surface area (Å²) in [6, 6.07) is 0.891. The number of aromatic nitrogens is 2. The summed E-state index contributed by atoms with van der Waals surface area (Å²) in [5.41, 5.74) is -0.344. The van der Waals surface area contributed by atoms with Crippen molar-refractivity contribution < 1.29 is 13.2 Å². The number of hydrogen-bond acceptors (Lipinski definition) is 1. The van der Waals surface area contributed by atoms with E-state index in [9.17, 15) is 13.2 Å². The summed E-state index contributed by atoms with van der Waals surface area (Å²) in [7, 11) is 5.38. The molecule has 2 aromatic rings. The van der Waals surface area contributed by atoms with Gasteiger partial charge in [0.15, 0.2) is 0 Å². The van der Waals surface area contributed by atoms with Crippen molar-refractivity contribution in [2.45, 2.75) is 13.1 Å². The van der Waals surface area contributed by atoms with E-state index in [0.717, 1.165) is 6.07 Å². The van der Waals surface area contributed by atoms with E-state index in [1.165, 1.54) is 16.8 Å². The van der Waals surface area contributed by atoms with Gasteiger partial charge in [0, 0.05) is 12.4 Å². The van der Waals surface area contributed by atoms with Crippen LogP contribution in [0.2, 0.25) is 0 Å². The first-order valence-electron chi connectivity index (χ1n) is 4.20. The third-order valence-corrected chi connectivity index (χ3v) is 2.00. The van der Waals surface area contributed by atoms with Crippen LogP contribution < -0.4 is 5.46 Å². The zero-order chi connectivity index (χ0) is 11.2. The lowest BCUT2D eigenvalue weighted by Gasteiger charge is -2.09. The molecular formula is C9H6BF3N2. The molecule has 0 bridgehead atoms. The Labute approximate surface area is 85.1 Å². The Morgan fingerprint density at radius 1 is 1.33 bits per heavy atom. The quantitative estimate of drug-likeness (QED) is 0.601. The first-order valence-corrected chi connectivity index (χ1v) is 4.20. The van der Waals surface area contributed by atoms with Gasteiger partial charge >= 0.3 is 6.18 Å². The molecule has 0 saturated heterocycles. The zero-order valence-electron chi connectivity index (χ0n) is 7.84. The standard InChI is InChI=1S/C9H6BF3N2/c1-5-3-15-4-6(10)2-7(8(15)14-5)9(11,12)13/h2-4H,1H3. The molecule has 0 aliphatic carbocycles. The highest BCUT2D eigenvalue weighted by atomic mass is 19.4. The van der Waals surface area contributed by atoms with Gasteiger partial charge in [-0.15, -0.1) is 0 Å². The first-order chi connectivity index (χ1) is 6.88. The normalized spacial score (nSPS) is 12.3. The van der Waals surface area contributed by atoms with Crippen LogP contribution in [0.4, 0.5) is 13.2 Å². The molecule has 2 aromatic heterocycles. The fraction of sp³-hybridized carbons (Fsp3) is 0.222. The highest BCUT2D eigenvalue weighted by Gasteiger charge is 2.34. The maximum Gasteiger partial charge on any atom is 0.419 e. The molecule has 2 nitrogen and oxygen atoms in total. The fourth-order valence-corrected chi connectivity index (χ4v) is 1.45. The van der Waals surface area contributed by atoms with Gasteiger partial charge in [0.25, 0.3) is 0 Å². The van der Waals surface area contributed by atoms with E-state index >= 15 is 0 Å². The van der Waals surface area contributed by atoms with Crippen LogP contribution >= 0.6 is 0 Å². The number of hydrogen-bond donors (Lipinski definition) is 0. The van der Waals surface area contributed by atoms with Crippen LogP contribution in [0, 0.1) is 6.92 Å². The Bertz CT molecular complexity index is 516. The van der Waals surface area contributed by atoms with E-state index in [0.29, 0.717) is 5.69 Å². The summed E-state index contributed by atoms with van der Waals surface area (Å²) < 4.78 is 39.1. The van der Waals surface area contributed by atoms with Crippen molar-refractivity contribution in [3.8, 4) is 0 Å². The number of rotatable bonds is 0. The van der Waals surface area contributed by atoms with Crippen LogP contribution in [0.25, 0.3) is 5.65 Å². The summed E-state index contributed by atoms with van der Waals surface area (Å²) in [5, 5.41) is 0. The largest absolute Gasteiger partial charge is 0.419 e. The maximum absolute atomic E-state index is 12.6. The fourth-order valence-electron chi connectivity index (χ4n) is 1.45. The Morgan fingerprint density at radius 2 is 2.00 bits per heavy atom. The van der Waals surface area contributed by atoms with Gasteiger partial charge in [-0.25, -0.2) is 4.98 Å². The van der Waals surface area contributed by atoms with E-state index in [-0.39, 0.29) is 11.1 Å². The van der Waals surface area contributed by atoms with Crippen LogP contribution in [-0.4, -0.2) is 17.2 Å². The Hall–Kier alpha value is -1.46. The van der Waals surface area contributed by atoms with Crippen LogP contribution in [-0.2, 0) is 6.18 Å². The van der Waals surface area contributed by atoms with Crippen molar-refractivity contribution in [3.63, 3.8) is 0 Å². The molecule has 0 spiro atoms. The van der Waals surface area contributed by atoms with Gasteiger partial charge in [-0.2, -0.15) is 13.2 Å². The van der Waals surface area contributed by atoms with E-state index in [1.54, 1.807) is 6.92 Å². The predicted octanol–water partition coefficient (Wildman–Crippen LogP) is 1.46. The Kier molecular flexibility index (Phi) is 2.03. The van der Waals surface area contributed by atoms with Crippen LogP contribution in [0.15, 0.2) is 18.5 Å². The second-order valence-electron chi connectivity index (χ2n) is 3.30. The molecular weight excluding hydrogens is 204 g/mol. The number of alkyl halides is 3. The van der Waals surface area contributed by atoms with Gasteiger partial charge in [0.05, 0.1) is 11.3 Å². The van der Waals surface area contributed by atoms with Crippen LogP contribution in [0.1, 0.15) is 11.3 Å². The second-order valence-corrected chi connectivity index (χ2v) is 3.30. The summed E-state index contributed by atoms with van der Waals surface area (Å²) in [6.07, 6.45) is -1.53. The lowest BCUT2D eigenvalue weighted by molar-refractivity contribution is -0.136. The Morgan fingerprint density at radius 3 is 2.60 bits per heavy atom. The molecule has 15 heavy (non-hydrogen) atoms. The number of halogens is 3. The summed E-state index contributed by atoms with van der Waals surface area (Å²) in [5.74, 6) is 0. The SMILES string of the molecule is [B]c1cc(C(F)(F)F)c2nc(C)cn2c1. The van der Waals surface area contributed by atoms with Gasteiger partial charge in [0.2, 0.25) is 0 Å². The lowest BCUT2D eigenvalue weighted by Crippen LogP contribution is -2.14. The van der Waals surface area contributed by atoms with Crippen LogP contribution in [0.3, 0.4) is 0 Å². The number of fused-ring (bicyclic) bond motifs is 1. The molecule has 0 fully saturated rings.